The highest BCUT2D eigenvalue weighted by atomic mass is 32.1. The maximum absolute atomic E-state index is 9.01. The van der Waals surface area contributed by atoms with Crippen LogP contribution in [0.3, 0.4) is 0 Å². The van der Waals surface area contributed by atoms with E-state index in [9.17, 15) is 0 Å². The predicted molar refractivity (Wildman–Crippen MR) is 58.3 cm³/mol. The van der Waals surface area contributed by atoms with Gasteiger partial charge in [0.05, 0.1) is 27.2 Å². The van der Waals surface area contributed by atoms with Gasteiger partial charge in [-0.05, 0) is 31.5 Å². The van der Waals surface area contributed by atoms with E-state index in [1.807, 2.05) is 31.5 Å². The van der Waals surface area contributed by atoms with Crippen molar-refractivity contribution in [1.29, 1.82) is 5.26 Å². The number of benzene rings is 1. The summed E-state index contributed by atoms with van der Waals surface area (Å²) in [7, 11) is 0. The third kappa shape index (κ3) is 1.38. The Morgan fingerprint density at radius 2 is 2.21 bits per heavy atom. The monoisotopic (exact) mass is 202 g/mol. The van der Waals surface area contributed by atoms with Gasteiger partial charge in [-0.15, -0.1) is 11.3 Å². The van der Waals surface area contributed by atoms with Crippen LogP contribution in [-0.4, -0.2) is 4.98 Å². The van der Waals surface area contributed by atoms with E-state index in [0.717, 1.165) is 15.8 Å². The zero-order valence-electron chi connectivity index (χ0n) is 8.11. The molecule has 0 aliphatic carbocycles. The SMILES string of the molecule is CC(C)(C#N)c1ccc2ncsc2c1. The van der Waals surface area contributed by atoms with Gasteiger partial charge in [-0.1, -0.05) is 6.07 Å². The number of hydrogen-bond donors (Lipinski definition) is 0. The van der Waals surface area contributed by atoms with Gasteiger partial charge < -0.3 is 0 Å². The molecule has 0 amide bonds. The first-order valence-electron chi connectivity index (χ1n) is 4.38. The van der Waals surface area contributed by atoms with Gasteiger partial charge in [-0.2, -0.15) is 5.26 Å². The number of nitriles is 1. The highest BCUT2D eigenvalue weighted by Gasteiger charge is 2.19. The molecule has 14 heavy (non-hydrogen) atoms. The Morgan fingerprint density at radius 3 is 2.93 bits per heavy atom. The smallest absolute Gasteiger partial charge is 0.0812 e. The van der Waals surface area contributed by atoms with Gasteiger partial charge in [0.25, 0.3) is 0 Å². The van der Waals surface area contributed by atoms with E-state index in [1.54, 1.807) is 11.3 Å². The molecule has 2 rings (SSSR count). The van der Waals surface area contributed by atoms with Gasteiger partial charge in [-0.3, -0.25) is 0 Å². The van der Waals surface area contributed by atoms with Gasteiger partial charge in [0.2, 0.25) is 0 Å². The van der Waals surface area contributed by atoms with Crippen LogP contribution in [0.1, 0.15) is 19.4 Å². The number of fused-ring (bicyclic) bond motifs is 1. The van der Waals surface area contributed by atoms with Gasteiger partial charge >= 0.3 is 0 Å². The number of hydrogen-bond acceptors (Lipinski definition) is 3. The highest BCUT2D eigenvalue weighted by Crippen LogP contribution is 2.27. The molecule has 3 heteroatoms. The number of aromatic nitrogens is 1. The minimum atomic E-state index is -0.418. The molecular formula is C11H10N2S. The molecule has 70 valence electrons. The second-order valence-corrected chi connectivity index (χ2v) is 4.66. The van der Waals surface area contributed by atoms with Gasteiger partial charge in [0.1, 0.15) is 0 Å². The number of nitrogens with zero attached hydrogens (tertiary/aromatic N) is 2. The van der Waals surface area contributed by atoms with Gasteiger partial charge in [0, 0.05) is 0 Å². The van der Waals surface area contributed by atoms with E-state index in [2.05, 4.69) is 17.1 Å². The van der Waals surface area contributed by atoms with Crippen LogP contribution in [0.15, 0.2) is 23.7 Å². The summed E-state index contributed by atoms with van der Waals surface area (Å²) >= 11 is 1.61. The van der Waals surface area contributed by atoms with Crippen LogP contribution in [0.25, 0.3) is 10.2 Å². The lowest BCUT2D eigenvalue weighted by atomic mass is 9.86. The third-order valence-corrected chi connectivity index (χ3v) is 3.12. The summed E-state index contributed by atoms with van der Waals surface area (Å²) in [4.78, 5) is 4.20. The fourth-order valence-corrected chi connectivity index (χ4v) is 2.02. The second kappa shape index (κ2) is 3.07. The Bertz CT molecular complexity index is 505. The van der Waals surface area contributed by atoms with Crippen molar-refractivity contribution < 1.29 is 0 Å². The van der Waals surface area contributed by atoms with Crippen molar-refractivity contribution in [3.05, 3.63) is 29.3 Å². The third-order valence-electron chi connectivity index (χ3n) is 2.33. The maximum atomic E-state index is 9.01. The molecule has 0 unspecified atom stereocenters. The normalized spacial score (nSPS) is 11.5. The van der Waals surface area contributed by atoms with E-state index in [0.29, 0.717) is 0 Å². The lowest BCUT2D eigenvalue weighted by Gasteiger charge is -2.15. The minimum Gasteiger partial charge on any atom is -0.245 e. The topological polar surface area (TPSA) is 36.7 Å². The molecule has 2 aromatic rings. The summed E-state index contributed by atoms with van der Waals surface area (Å²) in [5.74, 6) is 0. The van der Waals surface area contributed by atoms with E-state index < -0.39 is 5.41 Å². The Hall–Kier alpha value is -1.40. The molecule has 1 aromatic carbocycles. The molecule has 0 radical (unpaired) electrons. The van der Waals surface area contributed by atoms with Crippen LogP contribution >= 0.6 is 11.3 Å². The lowest BCUT2D eigenvalue weighted by molar-refractivity contribution is 0.688. The van der Waals surface area contributed by atoms with Crippen LogP contribution < -0.4 is 0 Å². The van der Waals surface area contributed by atoms with E-state index >= 15 is 0 Å². The molecule has 0 aliphatic rings. The summed E-state index contributed by atoms with van der Waals surface area (Å²) < 4.78 is 1.14. The molecule has 0 saturated carbocycles. The largest absolute Gasteiger partial charge is 0.245 e. The second-order valence-electron chi connectivity index (χ2n) is 3.77. The summed E-state index contributed by atoms with van der Waals surface area (Å²) in [6.07, 6.45) is 0. The maximum Gasteiger partial charge on any atom is 0.0812 e. The molecule has 0 aliphatic heterocycles. The molecule has 1 aromatic heterocycles. The highest BCUT2D eigenvalue weighted by molar-refractivity contribution is 7.16. The van der Waals surface area contributed by atoms with E-state index in [4.69, 9.17) is 5.26 Å². The van der Waals surface area contributed by atoms with Crippen LogP contribution in [0, 0.1) is 11.3 Å². The zero-order valence-corrected chi connectivity index (χ0v) is 8.93. The quantitative estimate of drug-likeness (QED) is 0.712. The summed E-state index contributed by atoms with van der Waals surface area (Å²) in [6, 6.07) is 8.30. The Labute approximate surface area is 86.8 Å². The van der Waals surface area contributed by atoms with E-state index in [-0.39, 0.29) is 0 Å². The molecule has 0 saturated heterocycles. The minimum absolute atomic E-state index is 0.418. The van der Waals surface area contributed by atoms with Crippen molar-refractivity contribution in [2.75, 3.05) is 0 Å². The molecule has 2 nitrogen and oxygen atoms in total. The van der Waals surface area contributed by atoms with Crippen LogP contribution in [0.2, 0.25) is 0 Å². The summed E-state index contributed by atoms with van der Waals surface area (Å²) in [6.45, 7) is 3.85. The van der Waals surface area contributed by atoms with Crippen molar-refractivity contribution in [3.63, 3.8) is 0 Å². The summed E-state index contributed by atoms with van der Waals surface area (Å²) in [5.41, 5.74) is 3.47. The van der Waals surface area contributed by atoms with Crippen molar-refractivity contribution >= 4 is 21.6 Å². The van der Waals surface area contributed by atoms with Crippen molar-refractivity contribution in [3.8, 4) is 6.07 Å². The number of rotatable bonds is 1. The molecule has 0 fully saturated rings. The Kier molecular flexibility index (Phi) is 2.01. The van der Waals surface area contributed by atoms with Crippen molar-refractivity contribution in [1.82, 2.24) is 4.98 Å². The average molecular weight is 202 g/mol. The first-order valence-corrected chi connectivity index (χ1v) is 5.26. The standard InChI is InChI=1S/C11H10N2S/c1-11(2,6-12)8-3-4-9-10(5-8)14-7-13-9/h3-5,7H,1-2H3. The fourth-order valence-electron chi connectivity index (χ4n) is 1.31. The number of thiazole rings is 1. The predicted octanol–water partition coefficient (Wildman–Crippen LogP) is 3.10. The molecule has 0 bridgehead atoms. The van der Waals surface area contributed by atoms with Crippen LogP contribution in [0.5, 0.6) is 0 Å². The molecule has 0 N–H and O–H groups in total. The molecule has 1 heterocycles. The Morgan fingerprint density at radius 1 is 1.43 bits per heavy atom. The van der Waals surface area contributed by atoms with Gasteiger partial charge in [0.15, 0.2) is 0 Å². The average Bonchev–Trinajstić information content (AvgIpc) is 2.64. The molecular weight excluding hydrogens is 192 g/mol. The fraction of sp³-hybridized carbons (Fsp3) is 0.273. The van der Waals surface area contributed by atoms with Crippen LogP contribution in [0.4, 0.5) is 0 Å². The Balaban J connectivity index is 2.61. The summed E-state index contributed by atoms with van der Waals surface area (Å²) in [5, 5.41) is 9.01. The first-order chi connectivity index (χ1) is 6.63. The zero-order chi connectivity index (χ0) is 10.2. The molecule has 0 spiro atoms. The lowest BCUT2D eigenvalue weighted by Crippen LogP contribution is -2.13. The van der Waals surface area contributed by atoms with E-state index in [1.165, 1.54) is 0 Å². The van der Waals surface area contributed by atoms with Crippen molar-refractivity contribution in [2.24, 2.45) is 0 Å². The van der Waals surface area contributed by atoms with Gasteiger partial charge in [-0.25, -0.2) is 4.98 Å². The molecule has 0 atom stereocenters. The van der Waals surface area contributed by atoms with Crippen molar-refractivity contribution in [2.45, 2.75) is 19.3 Å². The first kappa shape index (κ1) is 9.17. The van der Waals surface area contributed by atoms with Crippen LogP contribution in [-0.2, 0) is 5.41 Å².